The van der Waals surface area contributed by atoms with Gasteiger partial charge in [-0.25, -0.2) is 10.2 Å². The van der Waals surface area contributed by atoms with Gasteiger partial charge in [0, 0.05) is 27.1 Å². The summed E-state index contributed by atoms with van der Waals surface area (Å²) in [6, 6.07) is 13.9. The second kappa shape index (κ2) is 9.80. The van der Waals surface area contributed by atoms with Crippen LogP contribution in [-0.4, -0.2) is 34.4 Å². The van der Waals surface area contributed by atoms with E-state index in [1.807, 2.05) is 36.6 Å². The van der Waals surface area contributed by atoms with Crippen molar-refractivity contribution in [3.63, 3.8) is 0 Å². The molecule has 0 radical (unpaired) electrons. The molecule has 0 unspecified atom stereocenters. The van der Waals surface area contributed by atoms with Gasteiger partial charge in [-0.3, -0.25) is 4.79 Å². The highest BCUT2D eigenvalue weighted by Crippen LogP contribution is 2.24. The molecular formula is C22H19BrClN3O4. The molecular weight excluding hydrogens is 486 g/mol. The zero-order valence-electron chi connectivity index (χ0n) is 16.7. The molecule has 0 spiro atoms. The summed E-state index contributed by atoms with van der Waals surface area (Å²) in [4.78, 5) is 23.3. The smallest absolute Gasteiger partial charge is 0.337 e. The highest BCUT2D eigenvalue weighted by Gasteiger charge is 2.14. The number of carbonyl (C=O) groups is 2. The minimum atomic E-state index is -1.09. The zero-order chi connectivity index (χ0) is 22.5. The maximum atomic E-state index is 12.0. The molecule has 2 N–H and O–H groups in total. The molecule has 7 nitrogen and oxygen atoms in total. The van der Waals surface area contributed by atoms with Gasteiger partial charge in [-0.1, -0.05) is 33.6 Å². The normalized spacial score (nSPS) is 11.0. The minimum absolute atomic E-state index is 0.0274. The molecule has 1 amide bonds. The van der Waals surface area contributed by atoms with Gasteiger partial charge in [-0.2, -0.15) is 5.10 Å². The van der Waals surface area contributed by atoms with Crippen LogP contribution in [0.1, 0.15) is 27.3 Å². The third kappa shape index (κ3) is 5.53. The molecule has 0 saturated heterocycles. The molecule has 3 rings (SSSR count). The molecule has 9 heteroatoms. The van der Waals surface area contributed by atoms with E-state index in [-0.39, 0.29) is 17.2 Å². The average molecular weight is 505 g/mol. The fourth-order valence-electron chi connectivity index (χ4n) is 3.04. The number of carboxylic acids is 1. The average Bonchev–Trinajstić information content (AvgIpc) is 3.00. The van der Waals surface area contributed by atoms with Gasteiger partial charge < -0.3 is 14.4 Å². The van der Waals surface area contributed by atoms with Crippen LogP contribution in [0.3, 0.4) is 0 Å². The molecule has 3 aromatic rings. The number of hydrogen-bond donors (Lipinski definition) is 2. The maximum Gasteiger partial charge on any atom is 0.337 e. The number of amides is 1. The fraction of sp³-hybridized carbons (Fsp3) is 0.136. The molecule has 1 aromatic heterocycles. The predicted octanol–water partition coefficient (Wildman–Crippen LogP) is 4.74. The summed E-state index contributed by atoms with van der Waals surface area (Å²) in [5.74, 6) is -0.918. The Kier molecular flexibility index (Phi) is 7.14. The first-order chi connectivity index (χ1) is 14.8. The Bertz CT molecular complexity index is 1170. The van der Waals surface area contributed by atoms with E-state index >= 15 is 0 Å². The molecule has 31 heavy (non-hydrogen) atoms. The summed E-state index contributed by atoms with van der Waals surface area (Å²) in [7, 11) is 0. The van der Waals surface area contributed by atoms with Gasteiger partial charge in [0.2, 0.25) is 0 Å². The summed E-state index contributed by atoms with van der Waals surface area (Å²) in [5, 5.41) is 13.5. The number of benzene rings is 2. The standard InChI is InChI=1S/C22H19BrClN3O4/c1-13-8-15(11-25-26-21(28)12-31-18-5-3-4-16(23)9-18)14(2)27(13)17-6-7-20(24)19(10-17)22(29)30/h3-11H,12H2,1-2H3,(H,26,28)(H,29,30)/b25-11+. The summed E-state index contributed by atoms with van der Waals surface area (Å²) in [5.41, 5.74) is 5.61. The zero-order valence-corrected chi connectivity index (χ0v) is 19.1. The highest BCUT2D eigenvalue weighted by atomic mass is 79.9. The largest absolute Gasteiger partial charge is 0.484 e. The van der Waals surface area contributed by atoms with E-state index in [0.29, 0.717) is 11.4 Å². The Morgan fingerprint density at radius 1 is 1.23 bits per heavy atom. The monoisotopic (exact) mass is 503 g/mol. The van der Waals surface area contributed by atoms with Crippen LogP contribution in [0.2, 0.25) is 5.02 Å². The van der Waals surface area contributed by atoms with Crippen molar-refractivity contribution in [2.75, 3.05) is 6.61 Å². The number of aromatic nitrogens is 1. The van der Waals surface area contributed by atoms with E-state index in [1.54, 1.807) is 24.3 Å². The van der Waals surface area contributed by atoms with Crippen molar-refractivity contribution in [2.45, 2.75) is 13.8 Å². The lowest BCUT2D eigenvalue weighted by Gasteiger charge is -2.11. The fourth-order valence-corrected chi connectivity index (χ4v) is 3.62. The van der Waals surface area contributed by atoms with Crippen molar-refractivity contribution >= 4 is 45.6 Å². The lowest BCUT2D eigenvalue weighted by atomic mass is 10.2. The molecule has 0 bridgehead atoms. The Hall–Kier alpha value is -3.10. The minimum Gasteiger partial charge on any atom is -0.484 e. The van der Waals surface area contributed by atoms with Crippen molar-refractivity contribution < 1.29 is 19.4 Å². The molecule has 160 valence electrons. The lowest BCUT2D eigenvalue weighted by molar-refractivity contribution is -0.123. The van der Waals surface area contributed by atoms with Gasteiger partial charge in [-0.05, 0) is 56.3 Å². The Morgan fingerprint density at radius 2 is 2.00 bits per heavy atom. The van der Waals surface area contributed by atoms with Gasteiger partial charge in [0.1, 0.15) is 5.75 Å². The van der Waals surface area contributed by atoms with Gasteiger partial charge in [0.15, 0.2) is 6.61 Å². The van der Waals surface area contributed by atoms with E-state index in [0.717, 1.165) is 21.4 Å². The highest BCUT2D eigenvalue weighted by molar-refractivity contribution is 9.10. The van der Waals surface area contributed by atoms with Crippen molar-refractivity contribution in [1.29, 1.82) is 0 Å². The molecule has 0 atom stereocenters. The van der Waals surface area contributed by atoms with E-state index in [4.69, 9.17) is 16.3 Å². The van der Waals surface area contributed by atoms with Crippen LogP contribution >= 0.6 is 27.5 Å². The first-order valence-electron chi connectivity index (χ1n) is 9.18. The second-order valence-electron chi connectivity index (χ2n) is 6.67. The van der Waals surface area contributed by atoms with Gasteiger partial charge in [-0.15, -0.1) is 0 Å². The first-order valence-corrected chi connectivity index (χ1v) is 10.4. The van der Waals surface area contributed by atoms with Gasteiger partial charge in [0.25, 0.3) is 5.91 Å². The number of hydrazone groups is 1. The summed E-state index contributed by atoms with van der Waals surface area (Å²) < 4.78 is 8.17. The molecule has 2 aromatic carbocycles. The van der Waals surface area contributed by atoms with Crippen molar-refractivity contribution in [3.8, 4) is 11.4 Å². The van der Waals surface area contributed by atoms with Crippen LogP contribution in [0.25, 0.3) is 5.69 Å². The summed E-state index contributed by atoms with van der Waals surface area (Å²) >= 11 is 9.31. The van der Waals surface area contributed by atoms with Gasteiger partial charge >= 0.3 is 5.97 Å². The van der Waals surface area contributed by atoms with Crippen LogP contribution in [0.15, 0.2) is 58.1 Å². The second-order valence-corrected chi connectivity index (χ2v) is 7.99. The number of rotatable bonds is 7. The maximum absolute atomic E-state index is 12.0. The topological polar surface area (TPSA) is 92.9 Å². The number of carboxylic acid groups (broad SMARTS) is 1. The van der Waals surface area contributed by atoms with Crippen LogP contribution < -0.4 is 10.2 Å². The Labute approximate surface area is 192 Å². The van der Waals surface area contributed by atoms with E-state index in [2.05, 4.69) is 26.5 Å². The summed E-state index contributed by atoms with van der Waals surface area (Å²) in [6.07, 6.45) is 1.53. The first kappa shape index (κ1) is 22.6. The number of nitrogens with zero attached hydrogens (tertiary/aromatic N) is 2. The van der Waals surface area contributed by atoms with E-state index in [1.165, 1.54) is 12.3 Å². The Balaban J connectivity index is 1.69. The van der Waals surface area contributed by atoms with Crippen molar-refractivity contribution in [1.82, 2.24) is 9.99 Å². The van der Waals surface area contributed by atoms with Gasteiger partial charge in [0.05, 0.1) is 16.8 Å². The number of aromatic carboxylic acids is 1. The number of halogens is 2. The molecule has 0 aliphatic rings. The van der Waals surface area contributed by atoms with Crippen LogP contribution in [0.5, 0.6) is 5.75 Å². The number of carbonyl (C=O) groups excluding carboxylic acids is 1. The summed E-state index contributed by atoms with van der Waals surface area (Å²) in [6.45, 7) is 3.60. The van der Waals surface area contributed by atoms with Crippen LogP contribution in [0.4, 0.5) is 0 Å². The van der Waals surface area contributed by atoms with E-state index < -0.39 is 11.9 Å². The van der Waals surface area contributed by atoms with Crippen molar-refractivity contribution in [2.24, 2.45) is 5.10 Å². The molecule has 0 aliphatic carbocycles. The Morgan fingerprint density at radius 3 is 2.71 bits per heavy atom. The molecule has 0 aliphatic heterocycles. The third-order valence-corrected chi connectivity index (χ3v) is 5.29. The SMILES string of the molecule is Cc1cc(/C=N/NC(=O)COc2cccc(Br)c2)c(C)n1-c1ccc(Cl)c(C(=O)O)c1. The molecule has 0 fully saturated rings. The number of nitrogens with one attached hydrogen (secondary N) is 1. The number of ether oxygens (including phenoxy) is 1. The lowest BCUT2D eigenvalue weighted by Crippen LogP contribution is -2.24. The van der Waals surface area contributed by atoms with Crippen molar-refractivity contribution in [3.05, 3.63) is 80.5 Å². The van der Waals surface area contributed by atoms with Crippen LogP contribution in [0, 0.1) is 13.8 Å². The number of hydrogen-bond acceptors (Lipinski definition) is 4. The third-order valence-electron chi connectivity index (χ3n) is 4.47. The number of aryl methyl sites for hydroxylation is 1. The van der Waals surface area contributed by atoms with Crippen LogP contribution in [-0.2, 0) is 4.79 Å². The van der Waals surface area contributed by atoms with E-state index in [9.17, 15) is 14.7 Å². The molecule has 0 saturated carbocycles. The molecule has 1 heterocycles. The predicted molar refractivity (Wildman–Crippen MR) is 123 cm³/mol. The quantitative estimate of drug-likeness (QED) is 0.359.